The van der Waals surface area contributed by atoms with Gasteiger partial charge in [-0.3, -0.25) is 0 Å². The molecule has 0 N–H and O–H groups in total. The van der Waals surface area contributed by atoms with Crippen LogP contribution in [0.2, 0.25) is 17.1 Å². The van der Waals surface area contributed by atoms with Crippen LogP contribution in [0.1, 0.15) is 67.2 Å². The third-order valence-electron chi connectivity index (χ3n) is 6.95. The molecule has 5 heteroatoms. The van der Waals surface area contributed by atoms with Gasteiger partial charge in [-0.15, -0.1) is 0 Å². The average Bonchev–Trinajstić information content (AvgIpc) is 2.79. The summed E-state index contributed by atoms with van der Waals surface area (Å²) < 4.78 is 1.66. The maximum Gasteiger partial charge on any atom is -1.00 e. The van der Waals surface area contributed by atoms with E-state index in [-0.39, 0.29) is 42.3 Å². The summed E-state index contributed by atoms with van der Waals surface area (Å²) in [6.45, 7) is 14.4. The van der Waals surface area contributed by atoms with Crippen molar-refractivity contribution in [3.05, 3.63) is 50.9 Å². The SMILES string of the molecule is CCCC[Si](CCCC)(c1ccccc1)C1(C)C(C)=C(C)C(C)=[C]1[Ti+3].[Cl-].[Cl-].[Cl-]. The van der Waals surface area contributed by atoms with E-state index < -0.39 is 8.07 Å². The van der Waals surface area contributed by atoms with Crippen molar-refractivity contribution < 1.29 is 57.7 Å². The second-order valence-corrected chi connectivity index (χ2v) is 13.6. The van der Waals surface area contributed by atoms with Crippen molar-refractivity contribution in [3.63, 3.8) is 0 Å². The fourth-order valence-corrected chi connectivity index (χ4v) is 13.3. The molecule has 0 fully saturated rings. The van der Waals surface area contributed by atoms with Crippen LogP contribution >= 0.6 is 0 Å². The number of allylic oxidation sites excluding steroid dienone is 4. The first-order chi connectivity index (χ1) is 11.9. The van der Waals surface area contributed by atoms with E-state index in [1.807, 2.05) is 0 Å². The van der Waals surface area contributed by atoms with Crippen LogP contribution in [0.4, 0.5) is 0 Å². The Labute approximate surface area is 205 Å². The summed E-state index contributed by atoms with van der Waals surface area (Å²) in [4.78, 5) is 0. The zero-order valence-electron chi connectivity index (χ0n) is 18.3. The van der Waals surface area contributed by atoms with Gasteiger partial charge in [0.15, 0.2) is 0 Å². The van der Waals surface area contributed by atoms with E-state index in [1.54, 1.807) is 25.8 Å². The first kappa shape index (κ1) is 30.7. The molecule has 1 aliphatic rings. The summed E-state index contributed by atoms with van der Waals surface area (Å²) in [7, 11) is -1.73. The van der Waals surface area contributed by atoms with E-state index in [2.05, 4.69) is 92.3 Å². The Bertz CT molecular complexity index is 636. The predicted molar refractivity (Wildman–Crippen MR) is 111 cm³/mol. The predicted octanol–water partition coefficient (Wildman–Crippen LogP) is -2.11. The number of hydrogen-bond acceptors (Lipinski definition) is 0. The molecule has 0 amide bonds. The maximum absolute atomic E-state index is 2.60. The van der Waals surface area contributed by atoms with Crippen molar-refractivity contribution in [3.8, 4) is 0 Å². The molecule has 28 heavy (non-hydrogen) atoms. The Morgan fingerprint density at radius 2 is 1.29 bits per heavy atom. The molecule has 0 nitrogen and oxygen atoms in total. The van der Waals surface area contributed by atoms with Gasteiger partial charge in [-0.1, -0.05) is 0 Å². The van der Waals surface area contributed by atoms with Gasteiger partial charge in [0.1, 0.15) is 0 Å². The Balaban J connectivity index is 0. The van der Waals surface area contributed by atoms with Crippen LogP contribution in [0.25, 0.3) is 0 Å². The van der Waals surface area contributed by atoms with Crippen molar-refractivity contribution in [2.75, 3.05) is 0 Å². The molecular weight excluding hydrogens is 459 g/mol. The Morgan fingerprint density at radius 1 is 0.821 bits per heavy atom. The van der Waals surface area contributed by atoms with Gasteiger partial charge in [0.2, 0.25) is 0 Å². The monoisotopic (exact) mass is 492 g/mol. The number of benzene rings is 1. The van der Waals surface area contributed by atoms with E-state index in [4.69, 9.17) is 0 Å². The van der Waals surface area contributed by atoms with Gasteiger partial charge in [-0.25, -0.2) is 0 Å². The molecule has 0 bridgehead atoms. The Hall–Kier alpha value is 0.501. The quantitative estimate of drug-likeness (QED) is 0.364. The molecule has 1 atom stereocenters. The van der Waals surface area contributed by atoms with Crippen molar-refractivity contribution >= 4 is 13.3 Å². The largest absolute Gasteiger partial charge is 1.00 e. The molecule has 0 saturated heterocycles. The van der Waals surface area contributed by atoms with Gasteiger partial charge in [0.05, 0.1) is 0 Å². The number of hydrogen-bond donors (Lipinski definition) is 0. The van der Waals surface area contributed by atoms with Crippen LogP contribution in [-0.2, 0) is 20.4 Å². The minimum absolute atomic E-state index is 0. The zero-order valence-corrected chi connectivity index (χ0v) is 23.1. The molecule has 0 spiro atoms. The fraction of sp³-hybridized carbons (Fsp3) is 0.565. The van der Waals surface area contributed by atoms with Gasteiger partial charge >= 0.3 is 169 Å². The molecule has 156 valence electrons. The third kappa shape index (κ3) is 5.21. The number of rotatable bonds is 8. The molecule has 0 aromatic heterocycles. The van der Waals surface area contributed by atoms with E-state index >= 15 is 0 Å². The van der Waals surface area contributed by atoms with Gasteiger partial charge in [-0.2, -0.15) is 0 Å². The summed E-state index contributed by atoms with van der Waals surface area (Å²) in [6.07, 6.45) is 5.32. The molecule has 0 saturated carbocycles. The molecule has 1 aromatic carbocycles. The zero-order chi connectivity index (χ0) is 18.7. The van der Waals surface area contributed by atoms with Crippen LogP contribution < -0.4 is 42.4 Å². The van der Waals surface area contributed by atoms with Crippen LogP contribution in [-0.4, -0.2) is 8.07 Å². The normalized spacial score (nSPS) is 19.1. The summed E-state index contributed by atoms with van der Waals surface area (Å²) in [5.74, 6) is 0. The number of halogens is 3. The van der Waals surface area contributed by atoms with Crippen LogP contribution in [0.3, 0.4) is 0 Å². The van der Waals surface area contributed by atoms with E-state index in [1.165, 1.54) is 37.8 Å². The molecule has 0 heterocycles. The standard InChI is InChI=1S/C23H35Si.3ClH.Ti/c1-7-9-16-24(17-10-8-2,22-14-12-11-13-15-22)23(6)18-19(3)20(4)21(23)5;;;;/h11-15H,7-10,16-17H2,1-6H3;3*1H;/q;;;;+3/p-3. The van der Waals surface area contributed by atoms with Gasteiger partial charge < -0.3 is 37.2 Å². The fourth-order valence-electron chi connectivity index (χ4n) is 4.92. The van der Waals surface area contributed by atoms with Gasteiger partial charge in [0.25, 0.3) is 0 Å². The van der Waals surface area contributed by atoms with Gasteiger partial charge in [-0.05, 0) is 0 Å². The summed E-state index contributed by atoms with van der Waals surface area (Å²) in [5, 5.41) is 1.95. The maximum atomic E-state index is 2.60. The van der Waals surface area contributed by atoms with Gasteiger partial charge in [0, 0.05) is 0 Å². The van der Waals surface area contributed by atoms with E-state index in [0.717, 1.165) is 0 Å². The summed E-state index contributed by atoms with van der Waals surface area (Å²) >= 11 is 2.43. The molecule has 0 aliphatic heterocycles. The van der Waals surface area contributed by atoms with E-state index in [0.29, 0.717) is 0 Å². The second kappa shape index (κ2) is 13.0. The Morgan fingerprint density at radius 3 is 1.64 bits per heavy atom. The van der Waals surface area contributed by atoms with Crippen LogP contribution in [0.5, 0.6) is 0 Å². The average molecular weight is 494 g/mol. The summed E-state index contributed by atoms with van der Waals surface area (Å²) in [5.41, 5.74) is 4.77. The van der Waals surface area contributed by atoms with Crippen LogP contribution in [0.15, 0.2) is 50.9 Å². The topological polar surface area (TPSA) is 0 Å². The third-order valence-corrected chi connectivity index (χ3v) is 15.1. The Kier molecular flexibility index (Phi) is 14.3. The molecule has 1 unspecified atom stereocenters. The minimum Gasteiger partial charge on any atom is -1.00 e. The second-order valence-electron chi connectivity index (χ2n) is 8.03. The first-order valence-corrected chi connectivity index (χ1v) is 13.2. The molecule has 1 aromatic rings. The molecule has 0 radical (unpaired) electrons. The number of unbranched alkanes of at least 4 members (excludes halogenated alkanes) is 2. The van der Waals surface area contributed by atoms with Crippen LogP contribution in [0, 0.1) is 0 Å². The van der Waals surface area contributed by atoms with Crippen molar-refractivity contribution in [2.24, 2.45) is 0 Å². The van der Waals surface area contributed by atoms with Crippen molar-refractivity contribution in [1.29, 1.82) is 0 Å². The minimum atomic E-state index is -1.73. The summed E-state index contributed by atoms with van der Waals surface area (Å²) in [6, 6.07) is 14.5. The molecule has 1 aliphatic carbocycles. The smallest absolute Gasteiger partial charge is 1.00 e. The van der Waals surface area contributed by atoms with Crippen molar-refractivity contribution in [1.82, 2.24) is 0 Å². The molecular formula is C23H35Cl3SiTi. The first-order valence-electron chi connectivity index (χ1n) is 10.0. The van der Waals surface area contributed by atoms with E-state index in [9.17, 15) is 0 Å². The van der Waals surface area contributed by atoms with Crippen molar-refractivity contribution in [2.45, 2.75) is 84.4 Å². The molecule has 2 rings (SSSR count).